The number of hydrogen-bond acceptors (Lipinski definition) is 5. The van der Waals surface area contributed by atoms with Crippen molar-refractivity contribution in [3.63, 3.8) is 0 Å². The van der Waals surface area contributed by atoms with Crippen LogP contribution in [-0.2, 0) is 26.0 Å². The summed E-state index contributed by atoms with van der Waals surface area (Å²) in [7, 11) is 3.32. The Kier molecular flexibility index (Phi) is 9.11. The maximum Gasteiger partial charge on any atom is 0.320 e. The van der Waals surface area contributed by atoms with Crippen LogP contribution in [0.1, 0.15) is 88.8 Å². The van der Waals surface area contributed by atoms with Gasteiger partial charge in [0.2, 0.25) is 0 Å². The lowest BCUT2D eigenvalue weighted by atomic mass is 9.78. The van der Waals surface area contributed by atoms with Gasteiger partial charge in [0.05, 0.1) is 25.7 Å². The summed E-state index contributed by atoms with van der Waals surface area (Å²) in [6.45, 7) is 19.1. The monoisotopic (exact) mass is 634 g/mol. The zero-order valence-corrected chi connectivity index (χ0v) is 29.9. The highest BCUT2D eigenvalue weighted by Gasteiger charge is 2.68. The van der Waals surface area contributed by atoms with Crippen LogP contribution in [-0.4, -0.2) is 26.3 Å². The van der Waals surface area contributed by atoms with Crippen LogP contribution in [0.15, 0.2) is 91.0 Å². The average molecular weight is 635 g/mol. The fourth-order valence-electron chi connectivity index (χ4n) is 6.63. The molecule has 4 aromatic rings. The number of rotatable bonds is 9. The molecule has 5 heteroatoms. The van der Waals surface area contributed by atoms with E-state index in [0.717, 1.165) is 44.9 Å². The molecule has 1 fully saturated rings. The van der Waals surface area contributed by atoms with Crippen LogP contribution in [0.4, 0.5) is 0 Å². The number of hydrogen-bond donors (Lipinski definition) is 0. The van der Waals surface area contributed by atoms with Gasteiger partial charge in [0.15, 0.2) is 0 Å². The predicted molar refractivity (Wildman–Crippen MR) is 189 cm³/mol. The Morgan fingerprint density at radius 3 is 1.51 bits per heavy atom. The largest absolute Gasteiger partial charge is 0.497 e. The van der Waals surface area contributed by atoms with Crippen LogP contribution in [0, 0.1) is 18.3 Å². The molecule has 0 spiro atoms. The number of methoxy groups -OCH3 is 2. The van der Waals surface area contributed by atoms with Crippen molar-refractivity contribution in [1.29, 1.82) is 0 Å². The minimum absolute atomic E-state index is 0.101. The van der Waals surface area contributed by atoms with E-state index in [-0.39, 0.29) is 22.7 Å². The van der Waals surface area contributed by atoms with E-state index in [0.29, 0.717) is 5.75 Å². The Hall–Kier alpha value is -4.09. The van der Waals surface area contributed by atoms with Crippen molar-refractivity contribution in [2.45, 2.75) is 84.8 Å². The quantitative estimate of drug-likeness (QED) is 0.104. The molecule has 0 N–H and O–H groups in total. The molecule has 47 heavy (non-hydrogen) atoms. The molecule has 0 bridgehead atoms. The van der Waals surface area contributed by atoms with Gasteiger partial charge in [-0.2, -0.15) is 0 Å². The minimum Gasteiger partial charge on any atom is -0.497 e. The lowest BCUT2D eigenvalue weighted by Crippen LogP contribution is -2.36. The molecule has 0 amide bonds. The molecule has 0 saturated heterocycles. The van der Waals surface area contributed by atoms with E-state index in [2.05, 4.69) is 79.7 Å². The van der Waals surface area contributed by atoms with Crippen molar-refractivity contribution in [2.24, 2.45) is 11.3 Å². The maximum atomic E-state index is 14.5. The molecule has 3 atom stereocenters. The van der Waals surface area contributed by atoms with Crippen LogP contribution in [0.25, 0.3) is 0 Å². The SMILES string of the molecule is COc1ccc(C(OC2C(C)C2(C)C(=O)Oc2c(C(C)(C)C)cc(C)cc2C(C)(C)C)(c2ccccc2)c2ccc(OC)cc2)cc1. The highest BCUT2D eigenvalue weighted by Crippen LogP contribution is 2.59. The molecule has 0 radical (unpaired) electrons. The number of ether oxygens (including phenoxy) is 4. The molecule has 3 unspecified atom stereocenters. The van der Waals surface area contributed by atoms with E-state index in [4.69, 9.17) is 18.9 Å². The molecule has 0 heterocycles. The third-order valence-electron chi connectivity index (χ3n) is 9.84. The Balaban J connectivity index is 1.62. The zero-order chi connectivity index (χ0) is 34.4. The highest BCUT2D eigenvalue weighted by atomic mass is 16.6. The topological polar surface area (TPSA) is 54.0 Å². The van der Waals surface area contributed by atoms with E-state index >= 15 is 0 Å². The molecule has 1 aliphatic carbocycles. The molecule has 1 saturated carbocycles. The van der Waals surface area contributed by atoms with Crippen LogP contribution >= 0.6 is 0 Å². The molecule has 1 aliphatic rings. The second-order valence-corrected chi connectivity index (χ2v) is 15.2. The first kappa shape index (κ1) is 34.3. The van der Waals surface area contributed by atoms with Crippen LogP contribution in [0.3, 0.4) is 0 Å². The van der Waals surface area contributed by atoms with E-state index in [1.54, 1.807) is 14.2 Å². The van der Waals surface area contributed by atoms with Crippen molar-refractivity contribution in [2.75, 3.05) is 14.2 Å². The van der Waals surface area contributed by atoms with Gasteiger partial charge in [0.25, 0.3) is 0 Å². The fourth-order valence-corrected chi connectivity index (χ4v) is 6.63. The summed E-state index contributed by atoms with van der Waals surface area (Å²) in [5.41, 5.74) is 3.65. The lowest BCUT2D eigenvalue weighted by molar-refractivity contribution is -0.143. The van der Waals surface area contributed by atoms with E-state index in [1.807, 2.05) is 73.7 Å². The van der Waals surface area contributed by atoms with E-state index in [1.165, 1.54) is 0 Å². The van der Waals surface area contributed by atoms with Crippen LogP contribution in [0.2, 0.25) is 0 Å². The van der Waals surface area contributed by atoms with Gasteiger partial charge < -0.3 is 18.9 Å². The summed E-state index contributed by atoms with van der Waals surface area (Å²) in [6.07, 6.45) is -0.430. The number of carbonyl (C=O) groups is 1. The Labute approximate surface area is 281 Å². The van der Waals surface area contributed by atoms with Crippen molar-refractivity contribution in [3.05, 3.63) is 124 Å². The molecule has 5 nitrogen and oxygen atoms in total. The summed E-state index contributed by atoms with van der Waals surface area (Å²) in [6, 6.07) is 30.4. The first-order valence-corrected chi connectivity index (χ1v) is 16.5. The van der Waals surface area contributed by atoms with Crippen molar-refractivity contribution >= 4 is 5.97 Å². The highest BCUT2D eigenvalue weighted by molar-refractivity contribution is 5.84. The summed E-state index contributed by atoms with van der Waals surface area (Å²) >= 11 is 0. The summed E-state index contributed by atoms with van der Waals surface area (Å²) in [5.74, 6) is 1.79. The van der Waals surface area contributed by atoms with Gasteiger partial charge in [-0.1, -0.05) is 121 Å². The summed E-state index contributed by atoms with van der Waals surface area (Å²) in [5, 5.41) is 0. The van der Waals surface area contributed by atoms with Crippen LogP contribution in [0.5, 0.6) is 17.2 Å². The van der Waals surface area contributed by atoms with Crippen molar-refractivity contribution in [3.8, 4) is 17.2 Å². The summed E-state index contributed by atoms with van der Waals surface area (Å²) < 4.78 is 24.9. The van der Waals surface area contributed by atoms with Gasteiger partial charge in [0.1, 0.15) is 22.8 Å². The van der Waals surface area contributed by atoms with E-state index in [9.17, 15) is 4.79 Å². The van der Waals surface area contributed by atoms with Crippen molar-refractivity contribution < 1.29 is 23.7 Å². The Bertz CT molecular complexity index is 1630. The van der Waals surface area contributed by atoms with Gasteiger partial charge in [-0.25, -0.2) is 0 Å². The second-order valence-electron chi connectivity index (χ2n) is 15.2. The van der Waals surface area contributed by atoms with Gasteiger partial charge in [-0.15, -0.1) is 0 Å². The Morgan fingerprint density at radius 2 is 1.11 bits per heavy atom. The number of aryl methyl sites for hydroxylation is 1. The molecular formula is C42H50O5. The molecule has 0 aromatic heterocycles. The average Bonchev–Trinajstić information content (AvgIpc) is 3.58. The fraction of sp³-hybridized carbons (Fsp3) is 0.405. The van der Waals surface area contributed by atoms with Crippen LogP contribution < -0.4 is 14.2 Å². The second kappa shape index (κ2) is 12.5. The molecule has 4 aromatic carbocycles. The first-order chi connectivity index (χ1) is 22.1. The first-order valence-electron chi connectivity index (χ1n) is 16.5. The smallest absolute Gasteiger partial charge is 0.320 e. The normalized spacial score (nSPS) is 19.6. The zero-order valence-electron chi connectivity index (χ0n) is 29.9. The van der Waals surface area contributed by atoms with E-state index < -0.39 is 17.1 Å². The minimum atomic E-state index is -1.03. The van der Waals surface area contributed by atoms with Gasteiger partial charge in [-0.3, -0.25) is 4.79 Å². The molecule has 0 aliphatic heterocycles. The predicted octanol–water partition coefficient (Wildman–Crippen LogP) is 9.55. The number of benzene rings is 4. The Morgan fingerprint density at radius 1 is 0.681 bits per heavy atom. The standard InChI is InChI=1S/C42H50O5/c1-27-25-34(39(3,4)5)36(35(26-27)40(6,7)8)46-38(43)41(9)28(2)37(41)47-42(29-15-13-12-14-16-29,30-17-21-32(44-10)22-18-30)31-19-23-33(45-11)24-20-31/h12-26,28,37H,1-11H3. The number of carbonyl (C=O) groups excluding carboxylic acids is 1. The third kappa shape index (κ3) is 6.30. The maximum absolute atomic E-state index is 14.5. The van der Waals surface area contributed by atoms with Gasteiger partial charge >= 0.3 is 5.97 Å². The molecule has 248 valence electrons. The third-order valence-corrected chi connectivity index (χ3v) is 9.84. The van der Waals surface area contributed by atoms with Gasteiger partial charge in [-0.05, 0) is 65.6 Å². The molecular weight excluding hydrogens is 584 g/mol. The molecule has 5 rings (SSSR count). The summed E-state index contributed by atoms with van der Waals surface area (Å²) in [4.78, 5) is 14.5. The lowest BCUT2D eigenvalue weighted by Gasteiger charge is -2.37. The van der Waals surface area contributed by atoms with Crippen molar-refractivity contribution in [1.82, 2.24) is 0 Å². The number of esters is 1. The van der Waals surface area contributed by atoms with Gasteiger partial charge in [0, 0.05) is 17.0 Å².